The fourth-order valence-electron chi connectivity index (χ4n) is 3.28. The number of carbonyl (C=O) groups is 1. The summed E-state index contributed by atoms with van der Waals surface area (Å²) >= 11 is 0. The average molecular weight is 426 g/mol. The van der Waals surface area contributed by atoms with E-state index in [-0.39, 0.29) is 18.3 Å². The summed E-state index contributed by atoms with van der Waals surface area (Å²) in [7, 11) is 0. The quantitative estimate of drug-likeness (QED) is 0.360. The molecule has 0 aromatic heterocycles. The highest BCUT2D eigenvalue weighted by Gasteiger charge is 2.11. The normalized spacial score (nSPS) is 10.6. The van der Waals surface area contributed by atoms with Gasteiger partial charge in [-0.15, -0.1) is 0 Å². The highest BCUT2D eigenvalue weighted by atomic mass is 19.1. The van der Waals surface area contributed by atoms with Crippen LogP contribution in [0.1, 0.15) is 21.5 Å². The Hall–Kier alpha value is -4.12. The third-order valence-electron chi connectivity index (χ3n) is 5.12. The van der Waals surface area contributed by atoms with Gasteiger partial charge >= 0.3 is 0 Å². The monoisotopic (exact) mass is 426 g/mol. The van der Waals surface area contributed by atoms with Crippen LogP contribution in [-0.2, 0) is 6.61 Å². The van der Waals surface area contributed by atoms with Crippen LogP contribution in [0.25, 0.3) is 11.1 Å². The molecule has 5 heteroatoms. The van der Waals surface area contributed by atoms with Gasteiger partial charge in [-0.3, -0.25) is 4.79 Å². The first kappa shape index (κ1) is 21.1. The number of hydrogen-bond donors (Lipinski definition) is 2. The third kappa shape index (κ3) is 4.95. The van der Waals surface area contributed by atoms with Gasteiger partial charge in [0, 0.05) is 5.56 Å². The summed E-state index contributed by atoms with van der Waals surface area (Å²) in [5.74, 6) is -0.536. The first-order valence-electron chi connectivity index (χ1n) is 10.2. The van der Waals surface area contributed by atoms with Crippen molar-refractivity contribution in [3.8, 4) is 16.9 Å². The second-order valence-corrected chi connectivity index (χ2v) is 7.54. The van der Waals surface area contributed by atoms with Gasteiger partial charge in [0.15, 0.2) is 11.6 Å². The van der Waals surface area contributed by atoms with Gasteiger partial charge in [-0.1, -0.05) is 60.2 Å². The van der Waals surface area contributed by atoms with Gasteiger partial charge in [0.05, 0.1) is 11.4 Å². The molecule has 0 saturated carbocycles. The first-order chi connectivity index (χ1) is 15.5. The maximum Gasteiger partial charge on any atom is 0.255 e. The Morgan fingerprint density at radius 3 is 2.31 bits per heavy atom. The highest BCUT2D eigenvalue weighted by Crippen LogP contribution is 2.30. The van der Waals surface area contributed by atoms with Crippen molar-refractivity contribution < 1.29 is 13.9 Å². The van der Waals surface area contributed by atoms with E-state index in [0.29, 0.717) is 22.5 Å². The number of halogens is 1. The lowest BCUT2D eigenvalue weighted by atomic mass is 10.0. The minimum Gasteiger partial charge on any atom is -0.486 e. The van der Waals surface area contributed by atoms with Crippen LogP contribution in [-0.4, -0.2) is 5.91 Å². The van der Waals surface area contributed by atoms with E-state index >= 15 is 0 Å². The molecule has 0 aliphatic heterocycles. The third-order valence-corrected chi connectivity index (χ3v) is 5.12. The van der Waals surface area contributed by atoms with Crippen molar-refractivity contribution in [2.24, 2.45) is 0 Å². The molecule has 4 aromatic carbocycles. The molecule has 0 spiro atoms. The molecule has 4 aromatic rings. The van der Waals surface area contributed by atoms with Crippen LogP contribution in [0.15, 0.2) is 91.0 Å². The van der Waals surface area contributed by atoms with Crippen LogP contribution >= 0.6 is 0 Å². The Bertz CT molecular complexity index is 1240. The smallest absolute Gasteiger partial charge is 0.255 e. The number of ether oxygens (including phenoxy) is 1. The zero-order chi connectivity index (χ0) is 22.5. The van der Waals surface area contributed by atoms with E-state index in [4.69, 9.17) is 10.5 Å². The second-order valence-electron chi connectivity index (χ2n) is 7.54. The fourth-order valence-corrected chi connectivity index (χ4v) is 3.28. The number of carbonyl (C=O) groups excluding carboxylic acids is 1. The fraction of sp³-hybridized carbons (Fsp3) is 0.0741. The summed E-state index contributed by atoms with van der Waals surface area (Å²) in [4.78, 5) is 12.6. The van der Waals surface area contributed by atoms with Gasteiger partial charge < -0.3 is 15.8 Å². The lowest BCUT2D eigenvalue weighted by Gasteiger charge is -2.12. The summed E-state index contributed by atoms with van der Waals surface area (Å²) in [6.07, 6.45) is 0. The topological polar surface area (TPSA) is 64.3 Å². The number of aryl methyl sites for hydroxylation is 1. The molecule has 4 rings (SSSR count). The van der Waals surface area contributed by atoms with Gasteiger partial charge in [-0.2, -0.15) is 0 Å². The van der Waals surface area contributed by atoms with E-state index in [1.165, 1.54) is 6.07 Å². The van der Waals surface area contributed by atoms with Crippen LogP contribution in [0.4, 0.5) is 15.8 Å². The van der Waals surface area contributed by atoms with Gasteiger partial charge in [0.1, 0.15) is 6.61 Å². The first-order valence-corrected chi connectivity index (χ1v) is 10.2. The Morgan fingerprint density at radius 2 is 1.59 bits per heavy atom. The number of benzene rings is 4. The van der Waals surface area contributed by atoms with Gasteiger partial charge in [0.25, 0.3) is 5.91 Å². The molecular weight excluding hydrogens is 403 g/mol. The van der Waals surface area contributed by atoms with E-state index in [0.717, 1.165) is 16.7 Å². The lowest BCUT2D eigenvalue weighted by Crippen LogP contribution is -2.13. The maximum absolute atomic E-state index is 14.7. The molecule has 0 atom stereocenters. The van der Waals surface area contributed by atoms with Crippen LogP contribution in [0.5, 0.6) is 5.75 Å². The van der Waals surface area contributed by atoms with Crippen LogP contribution in [0.3, 0.4) is 0 Å². The molecule has 0 unspecified atom stereocenters. The van der Waals surface area contributed by atoms with Gasteiger partial charge in [-0.25, -0.2) is 4.39 Å². The molecular formula is C27H23FN2O2. The number of hydrogen-bond acceptors (Lipinski definition) is 3. The molecule has 1 amide bonds. The largest absolute Gasteiger partial charge is 0.486 e. The summed E-state index contributed by atoms with van der Waals surface area (Å²) in [6.45, 7) is 2.24. The number of anilines is 2. The summed E-state index contributed by atoms with van der Waals surface area (Å²) < 4.78 is 20.3. The highest BCUT2D eigenvalue weighted by molar-refractivity contribution is 6.06. The number of nitrogens with one attached hydrogen (secondary N) is 1. The molecule has 0 aliphatic rings. The Balaban J connectivity index is 1.51. The predicted molar refractivity (Wildman–Crippen MR) is 126 cm³/mol. The molecule has 3 N–H and O–H groups in total. The molecule has 0 radical (unpaired) electrons. The van der Waals surface area contributed by atoms with Crippen molar-refractivity contribution >= 4 is 17.3 Å². The average Bonchev–Trinajstić information content (AvgIpc) is 2.81. The lowest BCUT2D eigenvalue weighted by molar-refractivity contribution is 0.102. The van der Waals surface area contributed by atoms with Crippen LogP contribution < -0.4 is 15.8 Å². The number of nitrogen functional groups attached to an aromatic ring is 1. The predicted octanol–water partition coefficient (Wildman–Crippen LogP) is 6.21. The van der Waals surface area contributed by atoms with E-state index in [1.807, 2.05) is 49.4 Å². The number of rotatable bonds is 6. The van der Waals surface area contributed by atoms with Crippen LogP contribution in [0.2, 0.25) is 0 Å². The standard InChI is InChI=1S/C27H23FN2O2/c1-18-7-9-20(10-8-18)27(31)30-25-16-22(11-13-24(25)29)21-12-14-26(23(28)15-21)32-17-19-5-3-2-4-6-19/h2-16H,17,29H2,1H3,(H,30,31). The summed E-state index contributed by atoms with van der Waals surface area (Å²) in [6, 6.07) is 26.9. The Morgan fingerprint density at radius 1 is 0.906 bits per heavy atom. The van der Waals surface area contributed by atoms with Crippen LogP contribution in [0, 0.1) is 12.7 Å². The van der Waals surface area contributed by atoms with E-state index in [1.54, 1.807) is 42.5 Å². The molecule has 0 aliphatic carbocycles. The van der Waals surface area contributed by atoms with E-state index < -0.39 is 5.82 Å². The van der Waals surface area contributed by atoms with Crippen molar-refractivity contribution in [2.75, 3.05) is 11.1 Å². The SMILES string of the molecule is Cc1ccc(C(=O)Nc2cc(-c3ccc(OCc4ccccc4)c(F)c3)ccc2N)cc1. The Labute approximate surface area is 186 Å². The number of nitrogens with two attached hydrogens (primary N) is 1. The molecule has 32 heavy (non-hydrogen) atoms. The van der Waals surface area contributed by atoms with Crippen molar-refractivity contribution in [1.29, 1.82) is 0 Å². The van der Waals surface area contributed by atoms with E-state index in [2.05, 4.69) is 5.32 Å². The zero-order valence-corrected chi connectivity index (χ0v) is 17.6. The molecule has 4 nitrogen and oxygen atoms in total. The minimum atomic E-state index is -0.458. The van der Waals surface area contributed by atoms with Crippen molar-refractivity contribution in [2.45, 2.75) is 13.5 Å². The van der Waals surface area contributed by atoms with Crippen molar-refractivity contribution in [3.05, 3.63) is 114 Å². The number of amides is 1. The van der Waals surface area contributed by atoms with E-state index in [9.17, 15) is 9.18 Å². The second kappa shape index (κ2) is 9.35. The molecule has 160 valence electrons. The maximum atomic E-state index is 14.7. The van der Waals surface area contributed by atoms with Gasteiger partial charge in [-0.05, 0) is 60.0 Å². The molecule has 0 saturated heterocycles. The summed E-state index contributed by atoms with van der Waals surface area (Å²) in [5.41, 5.74) is 10.9. The summed E-state index contributed by atoms with van der Waals surface area (Å²) in [5, 5.41) is 2.84. The molecule has 0 heterocycles. The molecule has 0 bridgehead atoms. The van der Waals surface area contributed by atoms with Gasteiger partial charge in [0.2, 0.25) is 0 Å². The Kier molecular flexibility index (Phi) is 6.17. The van der Waals surface area contributed by atoms with Crippen molar-refractivity contribution in [3.63, 3.8) is 0 Å². The zero-order valence-electron chi connectivity index (χ0n) is 17.6. The van der Waals surface area contributed by atoms with Crippen molar-refractivity contribution in [1.82, 2.24) is 0 Å². The molecule has 0 fully saturated rings. The minimum absolute atomic E-state index is 0.181.